The Kier molecular flexibility index (Phi) is 6.02. The van der Waals surface area contributed by atoms with E-state index >= 15 is 0 Å². The number of halogens is 1. The number of carbonyl (C=O) groups is 2. The van der Waals surface area contributed by atoms with Crippen molar-refractivity contribution in [1.29, 1.82) is 0 Å². The molecule has 1 aliphatic heterocycles. The molecule has 0 aromatic heterocycles. The van der Waals surface area contributed by atoms with Gasteiger partial charge in [0.05, 0.1) is 22.6 Å². The third-order valence-corrected chi connectivity index (χ3v) is 6.14. The maximum Gasteiger partial charge on any atom is 0.339 e. The number of nitrogens with one attached hydrogen (secondary N) is 1. The lowest BCUT2D eigenvalue weighted by molar-refractivity contribution is -0.117. The van der Waals surface area contributed by atoms with Gasteiger partial charge in [-0.15, -0.1) is 0 Å². The molecular formula is C19H19ClN2O5S. The summed E-state index contributed by atoms with van der Waals surface area (Å²) in [6.07, 6.45) is 1.34. The molecule has 2 aromatic carbocycles. The van der Waals surface area contributed by atoms with Gasteiger partial charge in [0.25, 0.3) is 0 Å². The number of anilines is 1. The quantitative estimate of drug-likeness (QED) is 0.722. The van der Waals surface area contributed by atoms with Crippen LogP contribution in [0, 0.1) is 0 Å². The van der Waals surface area contributed by atoms with E-state index in [0.717, 1.165) is 12.1 Å². The van der Waals surface area contributed by atoms with Crippen molar-refractivity contribution >= 4 is 39.2 Å². The highest BCUT2D eigenvalue weighted by molar-refractivity contribution is 7.89. The molecule has 0 spiro atoms. The van der Waals surface area contributed by atoms with Gasteiger partial charge in [-0.1, -0.05) is 23.7 Å². The average Bonchev–Trinajstić information content (AvgIpc) is 3.12. The van der Waals surface area contributed by atoms with E-state index in [0.29, 0.717) is 18.5 Å². The summed E-state index contributed by atoms with van der Waals surface area (Å²) >= 11 is 5.94. The molecule has 1 aliphatic rings. The molecular weight excluding hydrogens is 404 g/mol. The smallest absolute Gasteiger partial charge is 0.339 e. The number of methoxy groups -OCH3 is 1. The summed E-state index contributed by atoms with van der Waals surface area (Å²) in [5, 5.41) is 0.105. The Balaban J connectivity index is 1.77. The lowest BCUT2D eigenvalue weighted by atomic mass is 10.2. The fraction of sp³-hybridized carbons (Fsp3) is 0.263. The Bertz CT molecular complexity index is 1020. The van der Waals surface area contributed by atoms with Crippen molar-refractivity contribution in [3.05, 3.63) is 58.6 Å². The molecule has 7 nitrogen and oxygen atoms in total. The highest BCUT2D eigenvalue weighted by Gasteiger charge is 2.22. The highest BCUT2D eigenvalue weighted by atomic mass is 35.5. The van der Waals surface area contributed by atoms with Gasteiger partial charge in [0.2, 0.25) is 15.9 Å². The number of benzene rings is 2. The monoisotopic (exact) mass is 422 g/mol. The summed E-state index contributed by atoms with van der Waals surface area (Å²) in [5.41, 5.74) is 1.43. The fourth-order valence-electron chi connectivity index (χ4n) is 2.96. The second kappa shape index (κ2) is 8.30. The van der Waals surface area contributed by atoms with Crippen molar-refractivity contribution in [3.63, 3.8) is 0 Å². The van der Waals surface area contributed by atoms with Crippen LogP contribution in [0.15, 0.2) is 47.4 Å². The fourth-order valence-corrected chi connectivity index (χ4v) is 4.19. The van der Waals surface area contributed by atoms with E-state index in [1.807, 2.05) is 6.07 Å². The van der Waals surface area contributed by atoms with Crippen LogP contribution in [0.2, 0.25) is 5.02 Å². The third kappa shape index (κ3) is 4.35. The van der Waals surface area contributed by atoms with Gasteiger partial charge in [0.15, 0.2) is 0 Å². The normalized spacial score (nSPS) is 14.4. The minimum absolute atomic E-state index is 0.0263. The standard InChI is InChI=1S/C19H19ClN2O5S/c1-27-19(24)16-11-15(7-8-17(16)20)28(25,26)21-12-13-4-2-5-14(10-13)22-9-3-6-18(22)23/h2,4-5,7-8,10-11,21H,3,6,9,12H2,1H3. The zero-order chi connectivity index (χ0) is 20.3. The zero-order valence-electron chi connectivity index (χ0n) is 15.1. The average molecular weight is 423 g/mol. The first kappa shape index (κ1) is 20.3. The van der Waals surface area contributed by atoms with Gasteiger partial charge in [-0.3, -0.25) is 4.79 Å². The van der Waals surface area contributed by atoms with Crippen LogP contribution in [0.1, 0.15) is 28.8 Å². The van der Waals surface area contributed by atoms with E-state index in [9.17, 15) is 18.0 Å². The summed E-state index contributed by atoms with van der Waals surface area (Å²) in [6.45, 7) is 0.698. The van der Waals surface area contributed by atoms with Crippen molar-refractivity contribution in [2.24, 2.45) is 0 Å². The summed E-state index contributed by atoms with van der Waals surface area (Å²) in [6, 6.07) is 11.0. The lowest BCUT2D eigenvalue weighted by Crippen LogP contribution is -2.25. The molecule has 0 radical (unpaired) electrons. The Labute approximate surface area is 168 Å². The van der Waals surface area contributed by atoms with E-state index in [-0.39, 0.29) is 27.9 Å². The predicted molar refractivity (Wildman–Crippen MR) is 105 cm³/mol. The molecule has 1 N–H and O–H groups in total. The van der Waals surface area contributed by atoms with Crippen LogP contribution in [0.4, 0.5) is 5.69 Å². The molecule has 0 atom stereocenters. The van der Waals surface area contributed by atoms with Crippen molar-refractivity contribution in [3.8, 4) is 0 Å². The van der Waals surface area contributed by atoms with Crippen molar-refractivity contribution < 1.29 is 22.7 Å². The zero-order valence-corrected chi connectivity index (χ0v) is 16.7. The van der Waals surface area contributed by atoms with Crippen LogP contribution in [0.5, 0.6) is 0 Å². The van der Waals surface area contributed by atoms with Gasteiger partial charge >= 0.3 is 5.97 Å². The van der Waals surface area contributed by atoms with Crippen molar-refractivity contribution in [2.45, 2.75) is 24.3 Å². The first-order valence-corrected chi connectivity index (χ1v) is 10.4. The van der Waals surface area contributed by atoms with Gasteiger partial charge in [-0.05, 0) is 42.3 Å². The van der Waals surface area contributed by atoms with Gasteiger partial charge in [0, 0.05) is 25.2 Å². The summed E-state index contributed by atoms with van der Waals surface area (Å²) in [4.78, 5) is 25.2. The van der Waals surface area contributed by atoms with E-state index in [1.165, 1.54) is 25.3 Å². The molecule has 28 heavy (non-hydrogen) atoms. The minimum Gasteiger partial charge on any atom is -0.465 e. The molecule has 0 unspecified atom stereocenters. The Hall–Kier alpha value is -2.42. The number of hydrogen-bond donors (Lipinski definition) is 1. The van der Waals surface area contributed by atoms with Crippen LogP contribution in [0.25, 0.3) is 0 Å². The molecule has 1 heterocycles. The van der Waals surface area contributed by atoms with Crippen LogP contribution < -0.4 is 9.62 Å². The topological polar surface area (TPSA) is 92.8 Å². The van der Waals surface area contributed by atoms with E-state index in [2.05, 4.69) is 9.46 Å². The number of hydrogen-bond acceptors (Lipinski definition) is 5. The Morgan fingerprint density at radius 2 is 2.04 bits per heavy atom. The number of amides is 1. The van der Waals surface area contributed by atoms with Gasteiger partial charge < -0.3 is 9.64 Å². The van der Waals surface area contributed by atoms with Crippen molar-refractivity contribution in [1.82, 2.24) is 4.72 Å². The van der Waals surface area contributed by atoms with E-state index in [1.54, 1.807) is 23.1 Å². The Morgan fingerprint density at radius 3 is 2.71 bits per heavy atom. The maximum atomic E-state index is 12.6. The summed E-state index contributed by atoms with van der Waals surface area (Å²) in [5.74, 6) is -0.653. The molecule has 2 aromatic rings. The molecule has 1 amide bonds. The molecule has 0 bridgehead atoms. The predicted octanol–water partition coefficient (Wildman–Crippen LogP) is 2.73. The molecule has 3 rings (SSSR count). The van der Waals surface area contributed by atoms with E-state index in [4.69, 9.17) is 11.6 Å². The minimum atomic E-state index is -3.88. The number of ether oxygens (including phenoxy) is 1. The van der Waals surface area contributed by atoms with Crippen LogP contribution in [-0.2, 0) is 26.1 Å². The molecule has 1 fully saturated rings. The molecule has 148 valence electrons. The molecule has 1 saturated heterocycles. The van der Waals surface area contributed by atoms with Crippen LogP contribution in [0.3, 0.4) is 0 Å². The second-order valence-electron chi connectivity index (χ2n) is 6.28. The number of esters is 1. The molecule has 9 heteroatoms. The van der Waals surface area contributed by atoms with Gasteiger partial charge in [-0.25, -0.2) is 17.9 Å². The van der Waals surface area contributed by atoms with Crippen LogP contribution >= 0.6 is 11.6 Å². The first-order chi connectivity index (χ1) is 13.3. The number of sulfonamides is 1. The molecule has 0 aliphatic carbocycles. The van der Waals surface area contributed by atoms with E-state index < -0.39 is 16.0 Å². The lowest BCUT2D eigenvalue weighted by Gasteiger charge is -2.16. The van der Waals surface area contributed by atoms with Gasteiger partial charge in [-0.2, -0.15) is 0 Å². The Morgan fingerprint density at radius 1 is 1.25 bits per heavy atom. The number of nitrogens with zero attached hydrogens (tertiary/aromatic N) is 1. The largest absolute Gasteiger partial charge is 0.465 e. The summed E-state index contributed by atoms with van der Waals surface area (Å²) < 4.78 is 32.3. The van der Waals surface area contributed by atoms with Crippen LogP contribution in [-0.4, -0.2) is 33.9 Å². The first-order valence-electron chi connectivity index (χ1n) is 8.58. The maximum absolute atomic E-state index is 12.6. The second-order valence-corrected chi connectivity index (χ2v) is 8.45. The summed E-state index contributed by atoms with van der Waals surface area (Å²) in [7, 11) is -2.69. The van der Waals surface area contributed by atoms with Gasteiger partial charge in [0.1, 0.15) is 0 Å². The van der Waals surface area contributed by atoms with Crippen molar-refractivity contribution in [2.75, 3.05) is 18.6 Å². The highest BCUT2D eigenvalue weighted by Crippen LogP contribution is 2.23. The third-order valence-electron chi connectivity index (χ3n) is 4.42. The number of carbonyl (C=O) groups excluding carboxylic acids is 2. The number of rotatable bonds is 6. The molecule has 0 saturated carbocycles. The SMILES string of the molecule is COC(=O)c1cc(S(=O)(=O)NCc2cccc(N3CCCC3=O)c2)ccc1Cl.